The van der Waals surface area contributed by atoms with E-state index in [0.717, 1.165) is 6.07 Å². The zero-order valence-corrected chi connectivity index (χ0v) is 14.9. The van der Waals surface area contributed by atoms with Crippen molar-refractivity contribution in [3.05, 3.63) is 48.0 Å². The summed E-state index contributed by atoms with van der Waals surface area (Å²) in [5.74, 6) is -0.195. The van der Waals surface area contributed by atoms with Crippen molar-refractivity contribution in [1.82, 2.24) is 10.6 Å². The molecule has 0 atom stereocenters. The minimum absolute atomic E-state index is 0.120. The van der Waals surface area contributed by atoms with Gasteiger partial charge in [-0.2, -0.15) is 0 Å². The smallest absolute Gasteiger partial charge is 0.258 e. The molecule has 0 aliphatic rings. The fourth-order valence-electron chi connectivity index (χ4n) is 2.24. The fourth-order valence-corrected chi connectivity index (χ4v) is 2.24. The number of aromatic hydroxyl groups is 2. The number of phenolic OH excluding ortho intramolecular Hbond substituents is 2. The molecule has 8 heteroatoms. The summed E-state index contributed by atoms with van der Waals surface area (Å²) in [6, 6.07) is 10.7. The molecule has 0 heterocycles. The molecule has 0 saturated heterocycles. The summed E-state index contributed by atoms with van der Waals surface area (Å²) in [4.78, 5) is 23.8. The van der Waals surface area contributed by atoms with Gasteiger partial charge in [0.25, 0.3) is 11.8 Å². The number of phenols is 2. The van der Waals surface area contributed by atoms with Crippen molar-refractivity contribution < 1.29 is 29.3 Å². The largest absolute Gasteiger partial charge is 0.508 e. The topological polar surface area (TPSA) is 117 Å². The third kappa shape index (κ3) is 6.43. The van der Waals surface area contributed by atoms with Crippen LogP contribution in [-0.4, -0.2) is 48.3 Å². The van der Waals surface area contributed by atoms with Crippen LogP contribution in [0.2, 0.25) is 0 Å². The number of amides is 2. The Morgan fingerprint density at radius 3 is 2.15 bits per heavy atom. The number of benzene rings is 2. The van der Waals surface area contributed by atoms with Gasteiger partial charge in [0, 0.05) is 24.7 Å². The molecule has 0 radical (unpaired) electrons. The van der Waals surface area contributed by atoms with Crippen molar-refractivity contribution in [2.45, 2.75) is 6.92 Å². The lowest BCUT2D eigenvalue weighted by Gasteiger charge is -2.12. The Morgan fingerprint density at radius 2 is 1.52 bits per heavy atom. The molecule has 0 bridgehead atoms. The van der Waals surface area contributed by atoms with Crippen LogP contribution >= 0.6 is 0 Å². The van der Waals surface area contributed by atoms with Crippen LogP contribution < -0.4 is 20.1 Å². The quantitative estimate of drug-likeness (QED) is 0.493. The van der Waals surface area contributed by atoms with Gasteiger partial charge in [0.1, 0.15) is 11.5 Å². The minimum Gasteiger partial charge on any atom is -0.508 e. The predicted octanol–water partition coefficient (Wildman–Crippen LogP) is 1.42. The van der Waals surface area contributed by atoms with Crippen LogP contribution in [-0.2, 0) is 4.79 Å². The van der Waals surface area contributed by atoms with Gasteiger partial charge < -0.3 is 30.3 Å². The lowest BCUT2D eigenvalue weighted by Crippen LogP contribution is -2.36. The average Bonchev–Trinajstić information content (AvgIpc) is 2.64. The zero-order valence-electron chi connectivity index (χ0n) is 14.9. The first-order valence-corrected chi connectivity index (χ1v) is 8.42. The normalized spacial score (nSPS) is 10.1. The van der Waals surface area contributed by atoms with Gasteiger partial charge >= 0.3 is 0 Å². The molecule has 0 unspecified atom stereocenters. The van der Waals surface area contributed by atoms with E-state index in [1.165, 1.54) is 12.1 Å². The number of hydrogen-bond donors (Lipinski definition) is 4. The Bertz CT molecular complexity index is 773. The summed E-state index contributed by atoms with van der Waals surface area (Å²) < 4.78 is 10.9. The third-order valence-corrected chi connectivity index (χ3v) is 3.41. The maximum Gasteiger partial charge on any atom is 0.258 e. The van der Waals surface area contributed by atoms with Crippen LogP contribution in [0.15, 0.2) is 42.5 Å². The molecule has 0 fully saturated rings. The summed E-state index contributed by atoms with van der Waals surface area (Å²) in [6.45, 7) is 2.54. The van der Waals surface area contributed by atoms with E-state index in [9.17, 15) is 19.8 Å². The van der Waals surface area contributed by atoms with E-state index >= 15 is 0 Å². The van der Waals surface area contributed by atoms with E-state index in [2.05, 4.69) is 10.6 Å². The Balaban J connectivity index is 1.71. The highest BCUT2D eigenvalue weighted by Gasteiger charge is 2.09. The number of hydrogen-bond acceptors (Lipinski definition) is 6. The van der Waals surface area contributed by atoms with Gasteiger partial charge in [-0.3, -0.25) is 9.59 Å². The molecule has 2 aromatic carbocycles. The maximum atomic E-state index is 11.9. The fraction of sp³-hybridized carbons (Fsp3) is 0.263. The second-order valence-electron chi connectivity index (χ2n) is 5.51. The second kappa shape index (κ2) is 9.91. The Labute approximate surface area is 156 Å². The first-order chi connectivity index (χ1) is 13.0. The summed E-state index contributed by atoms with van der Waals surface area (Å²) in [6.07, 6.45) is 0. The first-order valence-electron chi connectivity index (χ1n) is 8.42. The van der Waals surface area contributed by atoms with Gasteiger partial charge in [-0.05, 0) is 31.2 Å². The summed E-state index contributed by atoms with van der Waals surface area (Å²) >= 11 is 0. The number of ether oxygens (including phenoxy) is 2. The lowest BCUT2D eigenvalue weighted by molar-refractivity contribution is -0.123. The molecule has 2 amide bonds. The number of rotatable bonds is 9. The molecule has 144 valence electrons. The highest BCUT2D eigenvalue weighted by atomic mass is 16.5. The van der Waals surface area contributed by atoms with Crippen LogP contribution in [0.3, 0.4) is 0 Å². The molecule has 4 N–H and O–H groups in total. The monoisotopic (exact) mass is 374 g/mol. The molecule has 0 aromatic heterocycles. The zero-order chi connectivity index (χ0) is 19.6. The number of carbonyl (C=O) groups excluding carboxylic acids is 2. The van der Waals surface area contributed by atoms with Crippen LogP contribution in [0, 0.1) is 0 Å². The molecule has 27 heavy (non-hydrogen) atoms. The molecule has 2 aromatic rings. The first kappa shape index (κ1) is 19.9. The van der Waals surface area contributed by atoms with Gasteiger partial charge in [0.2, 0.25) is 0 Å². The van der Waals surface area contributed by atoms with Crippen molar-refractivity contribution >= 4 is 11.8 Å². The molecular weight excluding hydrogens is 352 g/mol. The van der Waals surface area contributed by atoms with E-state index in [-0.39, 0.29) is 42.7 Å². The minimum atomic E-state index is -0.475. The van der Waals surface area contributed by atoms with Gasteiger partial charge in [-0.15, -0.1) is 0 Å². The second-order valence-corrected chi connectivity index (χ2v) is 5.51. The molecule has 2 rings (SSSR count). The van der Waals surface area contributed by atoms with Gasteiger partial charge in [0.15, 0.2) is 18.1 Å². The third-order valence-electron chi connectivity index (χ3n) is 3.41. The lowest BCUT2D eigenvalue weighted by atomic mass is 10.2. The van der Waals surface area contributed by atoms with Crippen molar-refractivity contribution in [3.8, 4) is 23.0 Å². The van der Waals surface area contributed by atoms with Crippen LogP contribution in [0.5, 0.6) is 23.0 Å². The van der Waals surface area contributed by atoms with E-state index in [1.807, 2.05) is 13.0 Å². The molecule has 8 nitrogen and oxygen atoms in total. The van der Waals surface area contributed by atoms with E-state index in [1.54, 1.807) is 18.2 Å². The average molecular weight is 374 g/mol. The Hall–Kier alpha value is -3.42. The van der Waals surface area contributed by atoms with E-state index in [4.69, 9.17) is 9.47 Å². The summed E-state index contributed by atoms with van der Waals surface area (Å²) in [5, 5.41) is 23.9. The molecular formula is C19H22N2O6. The standard InChI is InChI=1S/C19H22N2O6/c1-2-26-16-5-3-4-6-17(16)27-12-18(24)20-7-8-21-19(25)13-9-14(22)11-15(23)10-13/h3-6,9-11,22-23H,2,7-8,12H2,1H3,(H,20,24)(H,21,25). The maximum absolute atomic E-state index is 11.9. The number of nitrogens with one attached hydrogen (secondary N) is 2. The van der Waals surface area contributed by atoms with E-state index in [0.29, 0.717) is 18.1 Å². The summed E-state index contributed by atoms with van der Waals surface area (Å²) in [7, 11) is 0. The van der Waals surface area contributed by atoms with Crippen molar-refractivity contribution in [1.29, 1.82) is 0 Å². The molecule has 0 aliphatic carbocycles. The molecule has 0 aliphatic heterocycles. The van der Waals surface area contributed by atoms with E-state index < -0.39 is 5.91 Å². The van der Waals surface area contributed by atoms with Crippen LogP contribution in [0.4, 0.5) is 0 Å². The molecule has 0 saturated carbocycles. The Morgan fingerprint density at radius 1 is 0.926 bits per heavy atom. The van der Waals surface area contributed by atoms with Crippen molar-refractivity contribution in [3.63, 3.8) is 0 Å². The van der Waals surface area contributed by atoms with Gasteiger partial charge in [0.05, 0.1) is 6.61 Å². The van der Waals surface area contributed by atoms with Crippen molar-refractivity contribution in [2.24, 2.45) is 0 Å². The number of para-hydroxylation sites is 2. The predicted molar refractivity (Wildman–Crippen MR) is 98.2 cm³/mol. The van der Waals surface area contributed by atoms with Crippen molar-refractivity contribution in [2.75, 3.05) is 26.3 Å². The van der Waals surface area contributed by atoms with Crippen LogP contribution in [0.25, 0.3) is 0 Å². The van der Waals surface area contributed by atoms with Gasteiger partial charge in [-0.25, -0.2) is 0 Å². The SMILES string of the molecule is CCOc1ccccc1OCC(=O)NCCNC(=O)c1cc(O)cc(O)c1. The number of carbonyl (C=O) groups is 2. The molecule has 0 spiro atoms. The Kier molecular flexibility index (Phi) is 7.30. The highest BCUT2D eigenvalue weighted by Crippen LogP contribution is 2.26. The highest BCUT2D eigenvalue weighted by molar-refractivity contribution is 5.95. The summed E-state index contributed by atoms with van der Waals surface area (Å²) in [5.41, 5.74) is 0.120. The van der Waals surface area contributed by atoms with Crippen LogP contribution in [0.1, 0.15) is 17.3 Å². The van der Waals surface area contributed by atoms with Gasteiger partial charge in [-0.1, -0.05) is 12.1 Å².